The first-order valence-electron chi connectivity index (χ1n) is 12.9. The van der Waals surface area contributed by atoms with Crippen LogP contribution >= 0.6 is 22.9 Å². The molecule has 3 aromatic rings. The third kappa shape index (κ3) is 6.38. The highest BCUT2D eigenvalue weighted by molar-refractivity contribution is 7.09. The average molecular weight is 577 g/mol. The van der Waals surface area contributed by atoms with E-state index in [9.17, 15) is 22.8 Å². The average Bonchev–Trinajstić information content (AvgIpc) is 3.44. The topological polar surface area (TPSA) is 56.8 Å². The summed E-state index contributed by atoms with van der Waals surface area (Å²) in [7, 11) is 0. The molecule has 2 aromatic carbocycles. The SMILES string of the molecule is O=C(Cc1ccccc1Cl)N1CCC(c2nc(C(=O)N3CCN(c4cccc(C(F)(F)F)c4)CC3)cs2)CC1. The van der Waals surface area contributed by atoms with Crippen LogP contribution in [-0.4, -0.2) is 65.9 Å². The molecule has 0 radical (unpaired) electrons. The normalized spacial score (nSPS) is 17.0. The fourth-order valence-electron chi connectivity index (χ4n) is 5.07. The molecular formula is C28H28ClF3N4O2S. The van der Waals surface area contributed by atoms with Crippen LogP contribution in [0.2, 0.25) is 5.02 Å². The van der Waals surface area contributed by atoms with Crippen molar-refractivity contribution in [2.45, 2.75) is 31.4 Å². The van der Waals surface area contributed by atoms with Gasteiger partial charge >= 0.3 is 6.18 Å². The second-order valence-electron chi connectivity index (χ2n) is 9.82. The van der Waals surface area contributed by atoms with Crippen LogP contribution in [0.25, 0.3) is 0 Å². The lowest BCUT2D eigenvalue weighted by molar-refractivity contribution is -0.137. The highest BCUT2D eigenvalue weighted by atomic mass is 35.5. The molecule has 2 saturated heterocycles. The van der Waals surface area contributed by atoms with E-state index in [-0.39, 0.29) is 24.2 Å². The van der Waals surface area contributed by atoms with E-state index in [0.717, 1.165) is 35.5 Å². The number of benzene rings is 2. The van der Waals surface area contributed by atoms with E-state index < -0.39 is 11.7 Å². The standard InChI is InChI=1S/C28H28ClF3N4O2S/c29-23-7-2-1-4-20(23)16-25(37)35-10-8-19(9-11-35)26-33-24(18-39-26)27(38)36-14-12-34(13-15-36)22-6-3-5-21(17-22)28(30,31)32/h1-7,17-19H,8-16H2. The molecule has 0 N–H and O–H groups in total. The van der Waals surface area contributed by atoms with E-state index in [2.05, 4.69) is 4.98 Å². The molecular weight excluding hydrogens is 549 g/mol. The Balaban J connectivity index is 1.12. The Hall–Kier alpha value is -3.11. The molecule has 2 aliphatic heterocycles. The number of amides is 2. The third-order valence-electron chi connectivity index (χ3n) is 7.34. The van der Waals surface area contributed by atoms with E-state index in [1.54, 1.807) is 22.4 Å². The van der Waals surface area contributed by atoms with Crippen LogP contribution < -0.4 is 4.90 Å². The van der Waals surface area contributed by atoms with E-state index in [0.29, 0.717) is 55.7 Å². The predicted octanol–water partition coefficient (Wildman–Crippen LogP) is 5.73. The lowest BCUT2D eigenvalue weighted by Crippen LogP contribution is -2.49. The molecule has 0 atom stereocenters. The van der Waals surface area contributed by atoms with Gasteiger partial charge in [-0.1, -0.05) is 35.9 Å². The van der Waals surface area contributed by atoms with Crippen LogP contribution in [0.5, 0.6) is 0 Å². The minimum atomic E-state index is -4.39. The number of nitrogens with zero attached hydrogens (tertiary/aromatic N) is 4. The van der Waals surface area contributed by atoms with Gasteiger partial charge in [0.15, 0.2) is 0 Å². The number of likely N-dealkylation sites (tertiary alicyclic amines) is 1. The largest absolute Gasteiger partial charge is 0.416 e. The van der Waals surface area contributed by atoms with Crippen molar-refractivity contribution >= 4 is 40.4 Å². The van der Waals surface area contributed by atoms with E-state index in [1.165, 1.54) is 17.4 Å². The summed E-state index contributed by atoms with van der Waals surface area (Å²) in [6, 6.07) is 12.7. The zero-order valence-electron chi connectivity index (χ0n) is 21.2. The molecule has 39 heavy (non-hydrogen) atoms. The van der Waals surface area contributed by atoms with Gasteiger partial charge in [-0.05, 0) is 42.7 Å². The van der Waals surface area contributed by atoms with Crippen molar-refractivity contribution in [1.82, 2.24) is 14.8 Å². The molecule has 3 heterocycles. The number of piperazine rings is 1. The lowest BCUT2D eigenvalue weighted by atomic mass is 9.97. The fraction of sp³-hybridized carbons (Fsp3) is 0.393. The number of hydrogen-bond donors (Lipinski definition) is 0. The van der Waals surface area contributed by atoms with Gasteiger partial charge in [-0.2, -0.15) is 13.2 Å². The van der Waals surface area contributed by atoms with Gasteiger partial charge in [-0.25, -0.2) is 4.98 Å². The molecule has 0 saturated carbocycles. The molecule has 206 valence electrons. The van der Waals surface area contributed by atoms with E-state index in [1.807, 2.05) is 28.0 Å². The van der Waals surface area contributed by atoms with Crippen molar-refractivity contribution in [3.8, 4) is 0 Å². The Morgan fingerprint density at radius 1 is 0.949 bits per heavy atom. The first-order valence-corrected chi connectivity index (χ1v) is 14.1. The summed E-state index contributed by atoms with van der Waals surface area (Å²) < 4.78 is 39.2. The Kier molecular flexibility index (Phi) is 8.13. The number of rotatable bonds is 5. The lowest BCUT2D eigenvalue weighted by Gasteiger charge is -2.36. The first kappa shape index (κ1) is 27.5. The van der Waals surface area contributed by atoms with Gasteiger partial charge in [-0.15, -0.1) is 11.3 Å². The van der Waals surface area contributed by atoms with Crippen molar-refractivity contribution in [2.75, 3.05) is 44.2 Å². The summed E-state index contributed by atoms with van der Waals surface area (Å²) in [6.45, 7) is 2.99. The maximum absolute atomic E-state index is 13.1. The number of hydrogen-bond acceptors (Lipinski definition) is 5. The number of piperidine rings is 1. The summed E-state index contributed by atoms with van der Waals surface area (Å²) in [5.74, 6) is 0.0908. The van der Waals surface area contributed by atoms with Gasteiger partial charge < -0.3 is 14.7 Å². The number of halogens is 4. The van der Waals surface area contributed by atoms with Crippen LogP contribution in [0.15, 0.2) is 53.9 Å². The first-order chi connectivity index (χ1) is 18.7. The molecule has 0 spiro atoms. The summed E-state index contributed by atoms with van der Waals surface area (Å²) in [5.41, 5.74) is 1.05. The molecule has 5 rings (SSSR count). The fourth-order valence-corrected chi connectivity index (χ4v) is 6.24. The number of aromatic nitrogens is 1. The Labute approximate surface area is 234 Å². The molecule has 2 amide bonds. The van der Waals surface area contributed by atoms with Crippen molar-refractivity contribution in [2.24, 2.45) is 0 Å². The van der Waals surface area contributed by atoms with Crippen LogP contribution in [0.3, 0.4) is 0 Å². The number of carbonyl (C=O) groups excluding carboxylic acids is 2. The van der Waals surface area contributed by atoms with E-state index >= 15 is 0 Å². The molecule has 1 aromatic heterocycles. The van der Waals surface area contributed by atoms with Crippen molar-refractivity contribution in [3.63, 3.8) is 0 Å². The summed E-state index contributed by atoms with van der Waals surface area (Å²) in [6.07, 6.45) is -2.55. The van der Waals surface area contributed by atoms with Crippen LogP contribution in [0.4, 0.5) is 18.9 Å². The molecule has 0 aliphatic carbocycles. The molecule has 0 unspecified atom stereocenters. The minimum Gasteiger partial charge on any atom is -0.368 e. The monoisotopic (exact) mass is 576 g/mol. The minimum absolute atomic E-state index is 0.0563. The maximum atomic E-state index is 13.1. The number of anilines is 1. The van der Waals surface area contributed by atoms with Gasteiger partial charge in [-0.3, -0.25) is 9.59 Å². The quantitative estimate of drug-likeness (QED) is 0.389. The Bertz CT molecular complexity index is 1330. The summed E-state index contributed by atoms with van der Waals surface area (Å²) in [4.78, 5) is 35.9. The smallest absolute Gasteiger partial charge is 0.368 e. The molecule has 6 nitrogen and oxygen atoms in total. The number of carbonyl (C=O) groups is 2. The van der Waals surface area contributed by atoms with Crippen molar-refractivity contribution < 1.29 is 22.8 Å². The highest BCUT2D eigenvalue weighted by Crippen LogP contribution is 2.33. The molecule has 11 heteroatoms. The summed E-state index contributed by atoms with van der Waals surface area (Å²) >= 11 is 7.67. The van der Waals surface area contributed by atoms with Crippen LogP contribution in [-0.2, 0) is 17.4 Å². The zero-order valence-corrected chi connectivity index (χ0v) is 22.7. The second kappa shape index (κ2) is 11.6. The maximum Gasteiger partial charge on any atom is 0.416 e. The van der Waals surface area contributed by atoms with E-state index in [4.69, 9.17) is 11.6 Å². The molecule has 2 fully saturated rings. The van der Waals surface area contributed by atoms with Gasteiger partial charge in [0.05, 0.1) is 17.0 Å². The molecule has 0 bridgehead atoms. The Morgan fingerprint density at radius 3 is 2.36 bits per heavy atom. The van der Waals surface area contributed by atoms with Crippen molar-refractivity contribution in [1.29, 1.82) is 0 Å². The Morgan fingerprint density at radius 2 is 1.67 bits per heavy atom. The van der Waals surface area contributed by atoms with Crippen LogP contribution in [0.1, 0.15) is 45.4 Å². The summed E-state index contributed by atoms with van der Waals surface area (Å²) in [5, 5.41) is 3.28. The number of thiazole rings is 1. The third-order valence-corrected chi connectivity index (χ3v) is 8.72. The number of alkyl halides is 3. The zero-order chi connectivity index (χ0) is 27.6. The molecule has 2 aliphatic rings. The van der Waals surface area contributed by atoms with Crippen LogP contribution in [0, 0.1) is 0 Å². The van der Waals surface area contributed by atoms with Gasteiger partial charge in [0.1, 0.15) is 5.69 Å². The van der Waals surface area contributed by atoms with Gasteiger partial charge in [0.25, 0.3) is 5.91 Å². The highest BCUT2D eigenvalue weighted by Gasteiger charge is 2.32. The second-order valence-corrected chi connectivity index (χ2v) is 11.1. The van der Waals surface area contributed by atoms with Gasteiger partial charge in [0.2, 0.25) is 5.91 Å². The predicted molar refractivity (Wildman–Crippen MR) is 145 cm³/mol. The van der Waals surface area contributed by atoms with Gasteiger partial charge in [0, 0.05) is 61.3 Å². The van der Waals surface area contributed by atoms with Crippen molar-refractivity contribution in [3.05, 3.63) is 80.8 Å².